The average molecular weight is 311 g/mol. The van der Waals surface area contributed by atoms with Gasteiger partial charge in [-0.3, -0.25) is 0 Å². The van der Waals surface area contributed by atoms with Crippen molar-refractivity contribution in [2.24, 2.45) is 5.92 Å². The number of likely N-dealkylation sites (tertiary alicyclic amines) is 1. The minimum Gasteiger partial charge on any atom is -0.465 e. The Balaban J connectivity index is 1.89. The molecule has 0 aliphatic carbocycles. The van der Waals surface area contributed by atoms with Gasteiger partial charge in [0.05, 0.1) is 7.11 Å². The molecule has 1 saturated heterocycles. The first-order valence-corrected chi connectivity index (χ1v) is 7.98. The summed E-state index contributed by atoms with van der Waals surface area (Å²) in [6.07, 6.45) is 2.83. The number of ether oxygens (including phenoxy) is 1. The molecular weight excluding hydrogens is 290 g/mol. The number of carbonyl (C=O) groups is 2. The Morgan fingerprint density at radius 2 is 2.10 bits per heavy atom. The molecule has 1 aromatic heterocycles. The fraction of sp³-hybridized carbons (Fsp3) is 0.600. The van der Waals surface area contributed by atoms with Crippen LogP contribution in [0.3, 0.4) is 0 Å². The number of nitrogens with zero attached hydrogens (tertiary/aromatic N) is 1. The topological polar surface area (TPSA) is 66.8 Å². The van der Waals surface area contributed by atoms with Gasteiger partial charge >= 0.3 is 12.1 Å². The van der Waals surface area contributed by atoms with Crippen LogP contribution in [0, 0.1) is 12.8 Å². The average Bonchev–Trinajstić information content (AvgIpc) is 2.85. The molecule has 21 heavy (non-hydrogen) atoms. The predicted molar refractivity (Wildman–Crippen MR) is 81.0 cm³/mol. The first-order valence-electron chi connectivity index (χ1n) is 7.16. The van der Waals surface area contributed by atoms with Crippen molar-refractivity contribution in [3.05, 3.63) is 21.4 Å². The zero-order valence-corrected chi connectivity index (χ0v) is 13.2. The molecule has 1 aliphatic rings. The molecule has 0 atom stereocenters. The molecule has 2 heterocycles. The van der Waals surface area contributed by atoms with Gasteiger partial charge in [-0.2, -0.15) is 0 Å². The van der Waals surface area contributed by atoms with Crippen LogP contribution in [0.4, 0.5) is 4.79 Å². The van der Waals surface area contributed by atoms with E-state index < -0.39 is 6.09 Å². The lowest BCUT2D eigenvalue weighted by Gasteiger charge is -2.29. The maximum atomic E-state index is 11.7. The highest BCUT2D eigenvalue weighted by Crippen LogP contribution is 2.27. The summed E-state index contributed by atoms with van der Waals surface area (Å²) < 4.78 is 4.82. The smallest absolute Gasteiger partial charge is 0.407 e. The SMILES string of the molecule is COC(=O)c1sc(C)cc1CCC1CCN(C(=O)O)CC1. The molecule has 0 spiro atoms. The number of thiophene rings is 1. The summed E-state index contributed by atoms with van der Waals surface area (Å²) in [4.78, 5) is 25.9. The number of esters is 1. The van der Waals surface area contributed by atoms with Gasteiger partial charge in [-0.25, -0.2) is 9.59 Å². The van der Waals surface area contributed by atoms with Crippen molar-refractivity contribution in [2.75, 3.05) is 20.2 Å². The van der Waals surface area contributed by atoms with Crippen LogP contribution < -0.4 is 0 Å². The normalized spacial score (nSPS) is 16.0. The number of carboxylic acid groups (broad SMARTS) is 1. The predicted octanol–water partition coefficient (Wildman–Crippen LogP) is 3.17. The van der Waals surface area contributed by atoms with Gasteiger partial charge in [0.2, 0.25) is 0 Å². The minimum absolute atomic E-state index is 0.260. The third-order valence-electron chi connectivity index (χ3n) is 4.01. The summed E-state index contributed by atoms with van der Waals surface area (Å²) in [6, 6.07) is 2.06. The van der Waals surface area contributed by atoms with Crippen LogP contribution in [0.25, 0.3) is 0 Å². The van der Waals surface area contributed by atoms with Crippen molar-refractivity contribution in [3.63, 3.8) is 0 Å². The monoisotopic (exact) mass is 311 g/mol. The maximum Gasteiger partial charge on any atom is 0.407 e. The summed E-state index contributed by atoms with van der Waals surface area (Å²) in [5.74, 6) is 0.273. The quantitative estimate of drug-likeness (QED) is 0.867. The third-order valence-corrected chi connectivity index (χ3v) is 5.08. The zero-order valence-electron chi connectivity index (χ0n) is 12.4. The molecule has 116 valence electrons. The molecule has 2 rings (SSSR count). The van der Waals surface area contributed by atoms with Crippen molar-refractivity contribution in [1.82, 2.24) is 4.90 Å². The van der Waals surface area contributed by atoms with E-state index in [-0.39, 0.29) is 5.97 Å². The van der Waals surface area contributed by atoms with E-state index in [2.05, 4.69) is 6.07 Å². The molecule has 0 saturated carbocycles. The van der Waals surface area contributed by atoms with Crippen molar-refractivity contribution >= 4 is 23.4 Å². The van der Waals surface area contributed by atoms with Crippen LogP contribution in [0.2, 0.25) is 0 Å². The van der Waals surface area contributed by atoms with E-state index in [0.717, 1.165) is 36.1 Å². The second-order valence-electron chi connectivity index (χ2n) is 5.45. The standard InChI is InChI=1S/C15H21NO4S/c1-10-9-12(13(21-10)14(17)20-2)4-3-11-5-7-16(8-6-11)15(18)19/h9,11H,3-8H2,1-2H3,(H,18,19). The molecule has 1 aliphatic heterocycles. The Morgan fingerprint density at radius 1 is 1.43 bits per heavy atom. The van der Waals surface area contributed by atoms with Crippen LogP contribution in [-0.2, 0) is 11.2 Å². The minimum atomic E-state index is -0.824. The Labute approximate surface area is 128 Å². The fourth-order valence-electron chi connectivity index (χ4n) is 2.79. The molecule has 1 N–H and O–H groups in total. The summed E-state index contributed by atoms with van der Waals surface area (Å²) in [5, 5.41) is 8.94. The second kappa shape index (κ2) is 6.93. The van der Waals surface area contributed by atoms with Gasteiger partial charge in [-0.1, -0.05) is 0 Å². The van der Waals surface area contributed by atoms with E-state index in [4.69, 9.17) is 9.84 Å². The van der Waals surface area contributed by atoms with Crippen molar-refractivity contribution in [2.45, 2.75) is 32.6 Å². The first-order chi connectivity index (χ1) is 10.0. The molecule has 0 aromatic carbocycles. The number of hydrogen-bond acceptors (Lipinski definition) is 4. The Morgan fingerprint density at radius 3 is 2.67 bits per heavy atom. The van der Waals surface area contributed by atoms with Gasteiger partial charge < -0.3 is 14.7 Å². The number of amides is 1. The third kappa shape index (κ3) is 3.97. The highest BCUT2D eigenvalue weighted by Gasteiger charge is 2.23. The molecular formula is C15H21NO4S. The number of carbonyl (C=O) groups excluding carboxylic acids is 1. The molecule has 1 fully saturated rings. The number of piperidine rings is 1. The van der Waals surface area contributed by atoms with Gasteiger partial charge in [-0.15, -0.1) is 11.3 Å². The molecule has 5 nitrogen and oxygen atoms in total. The number of aryl methyl sites for hydroxylation is 2. The number of methoxy groups -OCH3 is 1. The van der Waals surface area contributed by atoms with Gasteiger partial charge in [-0.05, 0) is 50.2 Å². The zero-order chi connectivity index (χ0) is 15.4. The lowest BCUT2D eigenvalue weighted by atomic mass is 9.90. The second-order valence-corrected chi connectivity index (χ2v) is 6.71. The summed E-state index contributed by atoms with van der Waals surface area (Å²) >= 11 is 1.48. The van der Waals surface area contributed by atoms with Crippen molar-refractivity contribution < 1.29 is 19.4 Å². The number of rotatable bonds is 4. The van der Waals surface area contributed by atoms with E-state index in [1.807, 2.05) is 6.92 Å². The molecule has 6 heteroatoms. The largest absolute Gasteiger partial charge is 0.465 e. The van der Waals surface area contributed by atoms with Crippen LogP contribution >= 0.6 is 11.3 Å². The van der Waals surface area contributed by atoms with E-state index >= 15 is 0 Å². The summed E-state index contributed by atoms with van der Waals surface area (Å²) in [6.45, 7) is 3.23. The van der Waals surface area contributed by atoms with Gasteiger partial charge in [0.25, 0.3) is 0 Å². The molecule has 1 aromatic rings. The van der Waals surface area contributed by atoms with Gasteiger partial charge in [0.1, 0.15) is 4.88 Å². The van der Waals surface area contributed by atoms with E-state index in [1.165, 1.54) is 23.3 Å². The van der Waals surface area contributed by atoms with Crippen molar-refractivity contribution in [1.29, 1.82) is 0 Å². The molecule has 0 radical (unpaired) electrons. The maximum absolute atomic E-state index is 11.7. The van der Waals surface area contributed by atoms with Gasteiger partial charge in [0.15, 0.2) is 0 Å². The fourth-order valence-corrected chi connectivity index (χ4v) is 3.77. The van der Waals surface area contributed by atoms with Gasteiger partial charge in [0, 0.05) is 18.0 Å². The Kier molecular flexibility index (Phi) is 5.22. The van der Waals surface area contributed by atoms with E-state index in [1.54, 1.807) is 0 Å². The highest BCUT2D eigenvalue weighted by molar-refractivity contribution is 7.14. The summed E-state index contributed by atoms with van der Waals surface area (Å²) in [7, 11) is 1.41. The van der Waals surface area contributed by atoms with Crippen LogP contribution in [0.1, 0.15) is 39.4 Å². The molecule has 1 amide bonds. The Hall–Kier alpha value is -1.56. The van der Waals surface area contributed by atoms with Crippen LogP contribution in [0.5, 0.6) is 0 Å². The number of hydrogen-bond donors (Lipinski definition) is 1. The van der Waals surface area contributed by atoms with Crippen molar-refractivity contribution in [3.8, 4) is 0 Å². The lowest BCUT2D eigenvalue weighted by Crippen LogP contribution is -2.37. The first kappa shape index (κ1) is 15.8. The van der Waals surface area contributed by atoms with E-state index in [0.29, 0.717) is 23.9 Å². The van der Waals surface area contributed by atoms with Crippen LogP contribution in [0.15, 0.2) is 6.07 Å². The Bertz CT molecular complexity index is 518. The lowest BCUT2D eigenvalue weighted by molar-refractivity contribution is 0.0604. The van der Waals surface area contributed by atoms with E-state index in [9.17, 15) is 9.59 Å². The summed E-state index contributed by atoms with van der Waals surface area (Å²) in [5.41, 5.74) is 1.06. The van der Waals surface area contributed by atoms with Crippen LogP contribution in [-0.4, -0.2) is 42.3 Å². The molecule has 0 bridgehead atoms. The highest BCUT2D eigenvalue weighted by atomic mass is 32.1. The molecule has 0 unspecified atom stereocenters.